The zero-order valence-corrected chi connectivity index (χ0v) is 7.19. The summed E-state index contributed by atoms with van der Waals surface area (Å²) in [5.41, 5.74) is 4.45. The SMILES string of the molecule is CCc1cccc2ncsc12. The number of hydrogen-bond acceptors (Lipinski definition) is 2. The van der Waals surface area contributed by atoms with Crippen molar-refractivity contribution >= 4 is 21.6 Å². The standard InChI is InChI=1S/C9H9NS/c1-2-7-4-3-5-8-9(7)11-6-10-8/h3-6H,2H2,1H3. The number of aryl methyl sites for hydroxylation is 1. The molecular weight excluding hydrogens is 154 g/mol. The molecule has 0 spiro atoms. The predicted octanol–water partition coefficient (Wildman–Crippen LogP) is 2.86. The number of rotatable bonds is 1. The summed E-state index contributed by atoms with van der Waals surface area (Å²) in [5, 5.41) is 0. The molecule has 0 bridgehead atoms. The van der Waals surface area contributed by atoms with Crippen LogP contribution in [0.1, 0.15) is 12.5 Å². The van der Waals surface area contributed by atoms with Crippen LogP contribution in [-0.2, 0) is 6.42 Å². The maximum absolute atomic E-state index is 4.25. The maximum atomic E-state index is 4.25. The van der Waals surface area contributed by atoms with E-state index < -0.39 is 0 Å². The highest BCUT2D eigenvalue weighted by molar-refractivity contribution is 7.16. The van der Waals surface area contributed by atoms with E-state index in [1.165, 1.54) is 10.3 Å². The van der Waals surface area contributed by atoms with E-state index in [2.05, 4.69) is 30.1 Å². The average Bonchev–Trinajstić information content (AvgIpc) is 2.50. The molecule has 0 atom stereocenters. The Hall–Kier alpha value is -0.890. The van der Waals surface area contributed by atoms with E-state index in [1.54, 1.807) is 11.3 Å². The topological polar surface area (TPSA) is 12.9 Å². The summed E-state index contributed by atoms with van der Waals surface area (Å²) in [6.45, 7) is 2.18. The molecule has 2 heteroatoms. The third-order valence-electron chi connectivity index (χ3n) is 1.82. The van der Waals surface area contributed by atoms with E-state index in [0.29, 0.717) is 0 Å². The third kappa shape index (κ3) is 1.03. The first-order valence-corrected chi connectivity index (χ1v) is 4.61. The van der Waals surface area contributed by atoms with Gasteiger partial charge in [-0.3, -0.25) is 0 Å². The van der Waals surface area contributed by atoms with Crippen molar-refractivity contribution in [2.75, 3.05) is 0 Å². The summed E-state index contributed by atoms with van der Waals surface area (Å²) in [5.74, 6) is 0. The fraction of sp³-hybridized carbons (Fsp3) is 0.222. The fourth-order valence-corrected chi connectivity index (χ4v) is 2.10. The van der Waals surface area contributed by atoms with Crippen LogP contribution in [0.5, 0.6) is 0 Å². The van der Waals surface area contributed by atoms with Gasteiger partial charge in [-0.1, -0.05) is 19.1 Å². The summed E-state index contributed by atoms with van der Waals surface area (Å²) >= 11 is 1.73. The number of benzene rings is 1. The highest BCUT2D eigenvalue weighted by atomic mass is 32.1. The lowest BCUT2D eigenvalue weighted by Crippen LogP contribution is -1.78. The van der Waals surface area contributed by atoms with E-state index in [-0.39, 0.29) is 0 Å². The minimum atomic E-state index is 1.10. The van der Waals surface area contributed by atoms with Crippen LogP contribution in [0.3, 0.4) is 0 Å². The van der Waals surface area contributed by atoms with Gasteiger partial charge in [-0.05, 0) is 18.1 Å². The molecule has 0 amide bonds. The van der Waals surface area contributed by atoms with Crippen LogP contribution in [-0.4, -0.2) is 4.98 Å². The molecular formula is C9H9NS. The molecule has 1 aromatic carbocycles. The second-order valence-corrected chi connectivity index (χ2v) is 3.33. The fourth-order valence-electron chi connectivity index (χ4n) is 1.22. The van der Waals surface area contributed by atoms with Gasteiger partial charge in [-0.15, -0.1) is 11.3 Å². The quantitative estimate of drug-likeness (QED) is 0.630. The predicted molar refractivity (Wildman–Crippen MR) is 49.0 cm³/mol. The molecule has 11 heavy (non-hydrogen) atoms. The van der Waals surface area contributed by atoms with Crippen molar-refractivity contribution in [2.24, 2.45) is 0 Å². The second kappa shape index (κ2) is 2.62. The Labute approximate surface area is 69.7 Å². The van der Waals surface area contributed by atoms with E-state index in [1.807, 2.05) is 5.51 Å². The first kappa shape index (κ1) is 6.80. The number of nitrogens with zero attached hydrogens (tertiary/aromatic N) is 1. The number of aromatic nitrogens is 1. The van der Waals surface area contributed by atoms with Crippen LogP contribution in [0.15, 0.2) is 23.7 Å². The first-order chi connectivity index (χ1) is 5.42. The molecule has 0 aliphatic heterocycles. The van der Waals surface area contributed by atoms with Crippen LogP contribution < -0.4 is 0 Å². The summed E-state index contributed by atoms with van der Waals surface area (Å²) < 4.78 is 1.34. The lowest BCUT2D eigenvalue weighted by molar-refractivity contribution is 1.16. The lowest BCUT2D eigenvalue weighted by atomic mass is 10.2. The Morgan fingerprint density at radius 3 is 3.18 bits per heavy atom. The Bertz CT molecular complexity index is 364. The van der Waals surface area contributed by atoms with Crippen LogP contribution in [0, 0.1) is 0 Å². The molecule has 2 aromatic rings. The minimum absolute atomic E-state index is 1.10. The molecule has 0 saturated heterocycles. The van der Waals surface area contributed by atoms with Crippen LogP contribution in [0.4, 0.5) is 0 Å². The van der Waals surface area contributed by atoms with E-state index in [9.17, 15) is 0 Å². The maximum Gasteiger partial charge on any atom is 0.0814 e. The van der Waals surface area contributed by atoms with Crippen molar-refractivity contribution < 1.29 is 0 Å². The van der Waals surface area contributed by atoms with Gasteiger partial charge < -0.3 is 0 Å². The molecule has 1 heterocycles. The van der Waals surface area contributed by atoms with Crippen molar-refractivity contribution in [3.63, 3.8) is 0 Å². The van der Waals surface area contributed by atoms with Gasteiger partial charge in [0.2, 0.25) is 0 Å². The molecule has 0 aliphatic carbocycles. The average molecular weight is 163 g/mol. The molecule has 0 N–H and O–H groups in total. The second-order valence-electron chi connectivity index (χ2n) is 2.47. The van der Waals surface area contributed by atoms with Gasteiger partial charge in [-0.2, -0.15) is 0 Å². The smallest absolute Gasteiger partial charge is 0.0814 e. The van der Waals surface area contributed by atoms with Crippen molar-refractivity contribution in [3.8, 4) is 0 Å². The Morgan fingerprint density at radius 2 is 2.36 bits per heavy atom. The van der Waals surface area contributed by atoms with Crippen molar-refractivity contribution in [1.29, 1.82) is 0 Å². The molecule has 1 nitrogen and oxygen atoms in total. The highest BCUT2D eigenvalue weighted by Gasteiger charge is 1.99. The van der Waals surface area contributed by atoms with Crippen molar-refractivity contribution in [1.82, 2.24) is 4.98 Å². The van der Waals surface area contributed by atoms with Crippen LogP contribution >= 0.6 is 11.3 Å². The normalized spacial score (nSPS) is 10.6. The Kier molecular flexibility index (Phi) is 1.62. The largest absolute Gasteiger partial charge is 0.245 e. The van der Waals surface area contributed by atoms with Crippen molar-refractivity contribution in [2.45, 2.75) is 13.3 Å². The Morgan fingerprint density at radius 1 is 1.45 bits per heavy atom. The lowest BCUT2D eigenvalue weighted by Gasteiger charge is -1.95. The summed E-state index contributed by atoms with van der Waals surface area (Å²) in [7, 11) is 0. The van der Waals surface area contributed by atoms with Gasteiger partial charge in [-0.25, -0.2) is 4.98 Å². The summed E-state index contributed by atoms with van der Waals surface area (Å²) in [6, 6.07) is 6.30. The van der Waals surface area contributed by atoms with Gasteiger partial charge in [0.25, 0.3) is 0 Å². The zero-order chi connectivity index (χ0) is 7.68. The monoisotopic (exact) mass is 163 g/mol. The van der Waals surface area contributed by atoms with E-state index >= 15 is 0 Å². The first-order valence-electron chi connectivity index (χ1n) is 3.73. The molecule has 0 fully saturated rings. The van der Waals surface area contributed by atoms with Crippen LogP contribution in [0.2, 0.25) is 0 Å². The third-order valence-corrected chi connectivity index (χ3v) is 2.74. The summed E-state index contributed by atoms with van der Waals surface area (Å²) in [4.78, 5) is 4.25. The molecule has 1 aromatic heterocycles. The van der Waals surface area contributed by atoms with E-state index in [4.69, 9.17) is 0 Å². The van der Waals surface area contributed by atoms with Crippen LogP contribution in [0.25, 0.3) is 10.2 Å². The number of thiazole rings is 1. The van der Waals surface area contributed by atoms with E-state index in [0.717, 1.165) is 11.9 Å². The number of fused-ring (bicyclic) bond motifs is 1. The molecule has 2 rings (SSSR count). The minimum Gasteiger partial charge on any atom is -0.245 e. The van der Waals surface area contributed by atoms with Gasteiger partial charge in [0.15, 0.2) is 0 Å². The van der Waals surface area contributed by atoms with Gasteiger partial charge >= 0.3 is 0 Å². The molecule has 0 radical (unpaired) electrons. The van der Waals surface area contributed by atoms with Gasteiger partial charge in [0.05, 0.1) is 15.7 Å². The molecule has 0 aliphatic rings. The highest BCUT2D eigenvalue weighted by Crippen LogP contribution is 2.21. The number of hydrogen-bond donors (Lipinski definition) is 0. The van der Waals surface area contributed by atoms with Gasteiger partial charge in [0, 0.05) is 0 Å². The van der Waals surface area contributed by atoms with Gasteiger partial charge in [0.1, 0.15) is 0 Å². The molecule has 56 valence electrons. The van der Waals surface area contributed by atoms with Crippen molar-refractivity contribution in [3.05, 3.63) is 29.3 Å². The molecule has 0 saturated carbocycles. The Balaban J connectivity index is 2.79. The zero-order valence-electron chi connectivity index (χ0n) is 6.37. The molecule has 0 unspecified atom stereocenters. The summed E-state index contributed by atoms with van der Waals surface area (Å²) in [6.07, 6.45) is 1.10.